The van der Waals surface area contributed by atoms with Gasteiger partial charge in [0.2, 0.25) is 0 Å². The van der Waals surface area contributed by atoms with Crippen molar-refractivity contribution in [3.63, 3.8) is 0 Å². The van der Waals surface area contributed by atoms with Crippen LogP contribution in [0.4, 0.5) is 0 Å². The average Bonchev–Trinajstić information content (AvgIpc) is 3.84. The van der Waals surface area contributed by atoms with Crippen LogP contribution in [-0.4, -0.2) is 94.3 Å². The summed E-state index contributed by atoms with van der Waals surface area (Å²) in [5.74, 6) is 1.92. The molecule has 10 nitrogen and oxygen atoms in total. The normalized spacial score (nSPS) is 10.8. The Morgan fingerprint density at radius 3 is 1.29 bits per heavy atom. The zero-order chi connectivity index (χ0) is 37.9. The summed E-state index contributed by atoms with van der Waals surface area (Å²) < 4.78 is 15.8. The third-order valence-corrected chi connectivity index (χ3v) is 8.31. The number of benzene rings is 3. The van der Waals surface area contributed by atoms with Crippen LogP contribution in [0, 0.1) is 13.8 Å². The Kier molecular flexibility index (Phi) is 18.0. The van der Waals surface area contributed by atoms with Crippen molar-refractivity contribution in [2.24, 2.45) is 0 Å². The molecule has 0 N–H and O–H groups in total. The Bertz CT molecular complexity index is 1600. The summed E-state index contributed by atoms with van der Waals surface area (Å²) >= 11 is 0. The Morgan fingerprint density at radius 2 is 0.942 bits per heavy atom. The number of rotatable bonds is 18. The summed E-state index contributed by atoms with van der Waals surface area (Å²) in [5.41, 5.74) is 8.57. The van der Waals surface area contributed by atoms with Crippen molar-refractivity contribution >= 4 is 0 Å². The van der Waals surface area contributed by atoms with Crippen molar-refractivity contribution in [1.29, 1.82) is 0 Å². The van der Waals surface area contributed by atoms with Crippen LogP contribution in [0.5, 0.6) is 11.5 Å². The lowest BCUT2D eigenvalue weighted by atomic mass is 10.1. The van der Waals surface area contributed by atoms with Crippen molar-refractivity contribution in [1.82, 2.24) is 39.8 Å². The molecule has 2 aromatic heterocycles. The molecule has 52 heavy (non-hydrogen) atoms. The first-order chi connectivity index (χ1) is 25.2. The molecule has 0 saturated carbocycles. The molecule has 0 amide bonds. The zero-order valence-corrected chi connectivity index (χ0v) is 33.4. The Hall–Kier alpha value is -4.54. The predicted molar refractivity (Wildman–Crippen MR) is 214 cm³/mol. The number of ether oxygens (including phenoxy) is 2. The Balaban J connectivity index is 0.00000176. The quantitative estimate of drug-likeness (QED) is 0.0846. The first-order valence-corrected chi connectivity index (χ1v) is 18.9. The van der Waals surface area contributed by atoms with Gasteiger partial charge >= 0.3 is 0 Å². The van der Waals surface area contributed by atoms with Gasteiger partial charge in [-0.2, -0.15) is 0 Å². The van der Waals surface area contributed by atoms with E-state index in [1.54, 1.807) is 0 Å². The van der Waals surface area contributed by atoms with Gasteiger partial charge in [-0.25, -0.2) is 0 Å². The monoisotopic (exact) mass is 710 g/mol. The first kappa shape index (κ1) is 41.9. The van der Waals surface area contributed by atoms with Crippen molar-refractivity contribution in [3.05, 3.63) is 95.3 Å². The van der Waals surface area contributed by atoms with Gasteiger partial charge in [-0.15, -0.1) is 10.2 Å². The molecule has 0 saturated heterocycles. The maximum absolute atomic E-state index is 5.98. The molecule has 0 spiro atoms. The standard InChI is InChI=1S/C38H50N8O2.2C2H6/c1-29-25-31(9-15-37(29)47-23-7-19-43(3)4)17-21-45-27-35(39-41-45)33-11-13-34(14-12-33)36-28-46(42-40-36)22-18-32-10-16-38(30(2)26-32)48-24-8-20-44(5)6;2*1-2/h9-16,25-28H,7-8,17-24H2,1-6H3;2*1-2H3. The van der Waals surface area contributed by atoms with Gasteiger partial charge in [-0.3, -0.25) is 9.36 Å². The van der Waals surface area contributed by atoms with E-state index in [2.05, 4.69) is 133 Å². The fourth-order valence-corrected chi connectivity index (χ4v) is 5.56. The van der Waals surface area contributed by atoms with E-state index in [1.165, 1.54) is 11.1 Å². The second kappa shape index (κ2) is 22.4. The minimum atomic E-state index is 0.728. The van der Waals surface area contributed by atoms with Crippen LogP contribution in [-0.2, 0) is 25.9 Å². The number of hydrogen-bond donors (Lipinski definition) is 0. The van der Waals surface area contributed by atoms with Crippen LogP contribution in [0.1, 0.15) is 62.8 Å². The highest BCUT2D eigenvalue weighted by Crippen LogP contribution is 2.24. The number of aryl methyl sites for hydroxylation is 6. The molecule has 5 rings (SSSR count). The molecule has 282 valence electrons. The van der Waals surface area contributed by atoms with Crippen molar-refractivity contribution < 1.29 is 9.47 Å². The second-order valence-corrected chi connectivity index (χ2v) is 13.0. The van der Waals surface area contributed by atoms with E-state index in [9.17, 15) is 0 Å². The van der Waals surface area contributed by atoms with E-state index in [4.69, 9.17) is 9.47 Å². The molecule has 0 aliphatic heterocycles. The molecule has 0 bridgehead atoms. The van der Waals surface area contributed by atoms with Crippen LogP contribution in [0.25, 0.3) is 22.5 Å². The lowest BCUT2D eigenvalue weighted by Crippen LogP contribution is -2.15. The van der Waals surface area contributed by atoms with Crippen LogP contribution in [0.2, 0.25) is 0 Å². The lowest BCUT2D eigenvalue weighted by Gasteiger charge is -2.13. The highest BCUT2D eigenvalue weighted by Gasteiger charge is 2.09. The van der Waals surface area contributed by atoms with E-state index in [0.717, 1.165) is 110 Å². The maximum atomic E-state index is 5.98. The molecule has 0 aliphatic rings. The molecule has 10 heteroatoms. The summed E-state index contributed by atoms with van der Waals surface area (Å²) in [4.78, 5) is 4.35. The minimum Gasteiger partial charge on any atom is -0.493 e. The van der Waals surface area contributed by atoms with Crippen LogP contribution >= 0.6 is 0 Å². The van der Waals surface area contributed by atoms with Gasteiger partial charge < -0.3 is 19.3 Å². The fraction of sp³-hybridized carbons (Fsp3) is 0.476. The topological polar surface area (TPSA) is 86.4 Å². The predicted octanol–water partition coefficient (Wildman–Crippen LogP) is 8.02. The maximum Gasteiger partial charge on any atom is 0.122 e. The summed E-state index contributed by atoms with van der Waals surface area (Å²) in [5, 5.41) is 17.6. The fourth-order valence-electron chi connectivity index (χ4n) is 5.56. The van der Waals surface area contributed by atoms with E-state index in [-0.39, 0.29) is 0 Å². The van der Waals surface area contributed by atoms with Crippen LogP contribution in [0.15, 0.2) is 73.1 Å². The third-order valence-electron chi connectivity index (χ3n) is 8.31. The first-order valence-electron chi connectivity index (χ1n) is 18.9. The number of nitrogens with zero attached hydrogens (tertiary/aromatic N) is 8. The van der Waals surface area contributed by atoms with E-state index >= 15 is 0 Å². The summed E-state index contributed by atoms with van der Waals surface area (Å²) in [6, 6.07) is 21.1. The number of aromatic nitrogens is 6. The van der Waals surface area contributed by atoms with Gasteiger partial charge in [0, 0.05) is 37.3 Å². The molecule has 0 atom stereocenters. The largest absolute Gasteiger partial charge is 0.493 e. The van der Waals surface area contributed by atoms with Gasteiger partial charge in [-0.1, -0.05) is 86.7 Å². The molecule has 5 aromatic rings. The van der Waals surface area contributed by atoms with Gasteiger partial charge in [0.1, 0.15) is 22.9 Å². The highest BCUT2D eigenvalue weighted by atomic mass is 16.5. The van der Waals surface area contributed by atoms with Crippen LogP contribution in [0.3, 0.4) is 0 Å². The average molecular weight is 711 g/mol. The molecular formula is C42H62N8O2. The van der Waals surface area contributed by atoms with Gasteiger partial charge in [0.05, 0.1) is 25.6 Å². The van der Waals surface area contributed by atoms with E-state index in [0.29, 0.717) is 0 Å². The Labute approximate surface area is 312 Å². The summed E-state index contributed by atoms with van der Waals surface area (Å²) in [6.07, 6.45) is 7.78. The van der Waals surface area contributed by atoms with Gasteiger partial charge in [0.25, 0.3) is 0 Å². The van der Waals surface area contributed by atoms with Gasteiger partial charge in [-0.05, 0) is 102 Å². The van der Waals surface area contributed by atoms with E-state index < -0.39 is 0 Å². The van der Waals surface area contributed by atoms with E-state index in [1.807, 2.05) is 49.5 Å². The number of hydrogen-bond acceptors (Lipinski definition) is 8. The molecule has 3 aromatic carbocycles. The smallest absolute Gasteiger partial charge is 0.122 e. The minimum absolute atomic E-state index is 0.728. The lowest BCUT2D eigenvalue weighted by molar-refractivity contribution is 0.280. The van der Waals surface area contributed by atoms with Crippen LogP contribution < -0.4 is 9.47 Å². The van der Waals surface area contributed by atoms with Gasteiger partial charge in [0.15, 0.2) is 0 Å². The van der Waals surface area contributed by atoms with Crippen molar-refractivity contribution in [3.8, 4) is 34.0 Å². The van der Waals surface area contributed by atoms with Crippen molar-refractivity contribution in [2.75, 3.05) is 54.5 Å². The third kappa shape index (κ3) is 13.5. The SMILES string of the molecule is CC.CC.Cc1cc(CCn2cc(-c3ccc(-c4cn(CCc5ccc(OCCCN(C)C)c(C)c5)nn4)cc3)nn2)ccc1OCCCN(C)C. The van der Waals surface area contributed by atoms with Crippen molar-refractivity contribution in [2.45, 2.75) is 80.3 Å². The molecule has 0 radical (unpaired) electrons. The highest BCUT2D eigenvalue weighted by molar-refractivity contribution is 5.65. The second-order valence-electron chi connectivity index (χ2n) is 13.0. The molecule has 0 unspecified atom stereocenters. The molecule has 2 heterocycles. The Morgan fingerprint density at radius 1 is 0.558 bits per heavy atom. The zero-order valence-electron chi connectivity index (χ0n) is 33.4. The molecule has 0 aliphatic carbocycles. The summed E-state index contributed by atoms with van der Waals surface area (Å²) in [7, 11) is 8.33. The molecular weight excluding hydrogens is 649 g/mol. The summed E-state index contributed by atoms with van der Waals surface area (Å²) in [6.45, 7) is 17.2. The molecule has 0 fully saturated rings.